The van der Waals surface area contributed by atoms with E-state index in [1.807, 2.05) is 18.2 Å². The summed E-state index contributed by atoms with van der Waals surface area (Å²) in [4.78, 5) is 8.61. The Kier molecular flexibility index (Phi) is 3.09. The van der Waals surface area contributed by atoms with Crippen molar-refractivity contribution in [1.82, 2.24) is 15.3 Å². The highest BCUT2D eigenvalue weighted by Crippen LogP contribution is 2.22. The topological polar surface area (TPSA) is 73.6 Å². The number of nitriles is 1. The van der Waals surface area contributed by atoms with Gasteiger partial charge in [0.2, 0.25) is 0 Å². The first kappa shape index (κ1) is 11.6. The van der Waals surface area contributed by atoms with Crippen molar-refractivity contribution in [3.8, 4) is 6.07 Å². The van der Waals surface area contributed by atoms with Crippen LogP contribution in [0.25, 0.3) is 0 Å². The van der Waals surface area contributed by atoms with Crippen LogP contribution < -0.4 is 10.6 Å². The highest BCUT2D eigenvalue weighted by molar-refractivity contribution is 5.61. The fourth-order valence-corrected chi connectivity index (χ4v) is 2.18. The molecule has 0 amide bonds. The zero-order chi connectivity index (χ0) is 13.1. The summed E-state index contributed by atoms with van der Waals surface area (Å²) in [5, 5.41) is 15.5. The number of benzene rings is 1. The molecule has 94 valence electrons. The Morgan fingerprint density at radius 1 is 1.32 bits per heavy atom. The minimum Gasteiger partial charge on any atom is -0.340 e. The predicted octanol–water partition coefficient (Wildman–Crippen LogP) is 1.74. The van der Waals surface area contributed by atoms with Crippen molar-refractivity contribution in [2.75, 3.05) is 11.9 Å². The second-order valence-corrected chi connectivity index (χ2v) is 4.39. The summed E-state index contributed by atoms with van der Waals surface area (Å²) in [6.45, 7) is 1.73. The minimum absolute atomic E-state index is 0.631. The molecule has 2 N–H and O–H groups in total. The molecule has 0 bridgehead atoms. The van der Waals surface area contributed by atoms with Crippen LogP contribution >= 0.6 is 0 Å². The number of anilines is 2. The fraction of sp³-hybridized carbons (Fsp3) is 0.214. The van der Waals surface area contributed by atoms with Crippen LogP contribution in [0.2, 0.25) is 0 Å². The van der Waals surface area contributed by atoms with Crippen molar-refractivity contribution >= 4 is 11.5 Å². The van der Waals surface area contributed by atoms with Gasteiger partial charge in [-0.3, -0.25) is 0 Å². The number of hydrogen-bond donors (Lipinski definition) is 2. The number of aromatic nitrogens is 2. The first-order valence-electron chi connectivity index (χ1n) is 6.17. The van der Waals surface area contributed by atoms with Gasteiger partial charge in [0.25, 0.3) is 0 Å². The van der Waals surface area contributed by atoms with Crippen molar-refractivity contribution in [2.24, 2.45) is 0 Å². The van der Waals surface area contributed by atoms with E-state index >= 15 is 0 Å². The molecule has 2 aromatic rings. The van der Waals surface area contributed by atoms with E-state index in [1.165, 1.54) is 0 Å². The molecule has 1 aromatic heterocycles. The van der Waals surface area contributed by atoms with Crippen molar-refractivity contribution < 1.29 is 0 Å². The van der Waals surface area contributed by atoms with E-state index in [0.29, 0.717) is 5.56 Å². The SMILES string of the molecule is N#Cc1cccc(Nc2ncnc3c2CNCC3)c1. The highest BCUT2D eigenvalue weighted by Gasteiger charge is 2.14. The predicted molar refractivity (Wildman–Crippen MR) is 71.9 cm³/mol. The van der Waals surface area contributed by atoms with Crippen LogP contribution in [0, 0.1) is 11.3 Å². The van der Waals surface area contributed by atoms with Gasteiger partial charge in [-0.2, -0.15) is 5.26 Å². The minimum atomic E-state index is 0.631. The molecule has 1 aliphatic rings. The molecular weight excluding hydrogens is 238 g/mol. The van der Waals surface area contributed by atoms with Gasteiger partial charge in [0.15, 0.2) is 0 Å². The average molecular weight is 251 g/mol. The van der Waals surface area contributed by atoms with Gasteiger partial charge in [0.1, 0.15) is 12.1 Å². The lowest BCUT2D eigenvalue weighted by atomic mass is 10.1. The molecule has 2 heterocycles. The molecule has 19 heavy (non-hydrogen) atoms. The van der Waals surface area contributed by atoms with Gasteiger partial charge in [0, 0.05) is 30.8 Å². The van der Waals surface area contributed by atoms with Crippen molar-refractivity contribution in [3.05, 3.63) is 47.4 Å². The maximum Gasteiger partial charge on any atom is 0.138 e. The van der Waals surface area contributed by atoms with E-state index in [2.05, 4.69) is 26.7 Å². The van der Waals surface area contributed by atoms with Crippen LogP contribution in [0.1, 0.15) is 16.8 Å². The zero-order valence-electron chi connectivity index (χ0n) is 10.3. The molecule has 5 nitrogen and oxygen atoms in total. The zero-order valence-corrected chi connectivity index (χ0v) is 10.3. The maximum absolute atomic E-state index is 8.91. The summed E-state index contributed by atoms with van der Waals surface area (Å²) in [6, 6.07) is 9.50. The molecule has 3 rings (SSSR count). The van der Waals surface area contributed by atoms with E-state index in [0.717, 1.165) is 42.3 Å². The Labute approximate surface area is 111 Å². The Hall–Kier alpha value is -2.45. The van der Waals surface area contributed by atoms with Gasteiger partial charge in [-0.05, 0) is 18.2 Å². The van der Waals surface area contributed by atoms with E-state index in [4.69, 9.17) is 5.26 Å². The molecule has 1 aromatic carbocycles. The Morgan fingerprint density at radius 2 is 2.26 bits per heavy atom. The van der Waals surface area contributed by atoms with Gasteiger partial charge in [-0.15, -0.1) is 0 Å². The lowest BCUT2D eigenvalue weighted by Gasteiger charge is -2.19. The van der Waals surface area contributed by atoms with Crippen molar-refractivity contribution in [1.29, 1.82) is 5.26 Å². The molecule has 5 heteroatoms. The maximum atomic E-state index is 8.91. The summed E-state index contributed by atoms with van der Waals surface area (Å²) in [7, 11) is 0. The molecule has 0 unspecified atom stereocenters. The first-order chi connectivity index (χ1) is 9.36. The molecular formula is C14H13N5. The van der Waals surface area contributed by atoms with E-state index < -0.39 is 0 Å². The van der Waals surface area contributed by atoms with Crippen LogP contribution in [0.5, 0.6) is 0 Å². The van der Waals surface area contributed by atoms with Crippen LogP contribution in [0.15, 0.2) is 30.6 Å². The van der Waals surface area contributed by atoms with Gasteiger partial charge in [-0.25, -0.2) is 9.97 Å². The molecule has 0 radical (unpaired) electrons. The summed E-state index contributed by atoms with van der Waals surface area (Å²) < 4.78 is 0. The lowest BCUT2D eigenvalue weighted by molar-refractivity contribution is 0.628. The van der Waals surface area contributed by atoms with Crippen molar-refractivity contribution in [2.45, 2.75) is 13.0 Å². The Bertz CT molecular complexity index is 645. The fourth-order valence-electron chi connectivity index (χ4n) is 2.18. The van der Waals surface area contributed by atoms with Gasteiger partial charge in [-0.1, -0.05) is 6.07 Å². The quantitative estimate of drug-likeness (QED) is 0.850. The molecule has 0 saturated heterocycles. The van der Waals surface area contributed by atoms with Gasteiger partial charge >= 0.3 is 0 Å². The molecule has 0 saturated carbocycles. The van der Waals surface area contributed by atoms with Crippen LogP contribution in [-0.4, -0.2) is 16.5 Å². The molecule has 1 aliphatic heterocycles. The summed E-state index contributed by atoms with van der Waals surface area (Å²) in [5.74, 6) is 0.812. The second-order valence-electron chi connectivity index (χ2n) is 4.39. The molecule has 0 aliphatic carbocycles. The number of nitrogens with one attached hydrogen (secondary N) is 2. The Morgan fingerprint density at radius 3 is 3.16 bits per heavy atom. The third-order valence-electron chi connectivity index (χ3n) is 3.13. The molecule has 0 spiro atoms. The van der Waals surface area contributed by atoms with E-state index in [-0.39, 0.29) is 0 Å². The standard InChI is InChI=1S/C14H13N5/c15-7-10-2-1-3-11(6-10)19-14-12-8-16-5-4-13(12)17-9-18-14/h1-3,6,9,16H,4-5,8H2,(H,17,18,19). The number of rotatable bonds is 2. The van der Waals surface area contributed by atoms with Gasteiger partial charge in [0.05, 0.1) is 17.3 Å². The number of nitrogens with zero attached hydrogens (tertiary/aromatic N) is 3. The Balaban J connectivity index is 1.93. The summed E-state index contributed by atoms with van der Waals surface area (Å²) >= 11 is 0. The number of fused-ring (bicyclic) bond motifs is 1. The first-order valence-corrected chi connectivity index (χ1v) is 6.17. The summed E-state index contributed by atoms with van der Waals surface area (Å²) in [6.07, 6.45) is 2.51. The smallest absolute Gasteiger partial charge is 0.138 e. The number of hydrogen-bond acceptors (Lipinski definition) is 5. The van der Waals surface area contributed by atoms with Crippen LogP contribution in [-0.2, 0) is 13.0 Å². The lowest BCUT2D eigenvalue weighted by Crippen LogP contribution is -2.25. The molecule has 0 atom stereocenters. The van der Waals surface area contributed by atoms with Crippen LogP contribution in [0.3, 0.4) is 0 Å². The summed E-state index contributed by atoms with van der Waals surface area (Å²) in [5.41, 5.74) is 3.69. The van der Waals surface area contributed by atoms with Gasteiger partial charge < -0.3 is 10.6 Å². The largest absolute Gasteiger partial charge is 0.340 e. The third-order valence-corrected chi connectivity index (χ3v) is 3.13. The van der Waals surface area contributed by atoms with E-state index in [9.17, 15) is 0 Å². The van der Waals surface area contributed by atoms with Crippen molar-refractivity contribution in [3.63, 3.8) is 0 Å². The normalized spacial score (nSPS) is 13.4. The average Bonchev–Trinajstić information content (AvgIpc) is 2.48. The van der Waals surface area contributed by atoms with Crippen LogP contribution in [0.4, 0.5) is 11.5 Å². The monoisotopic (exact) mass is 251 g/mol. The third kappa shape index (κ3) is 2.39. The second kappa shape index (κ2) is 5.04. The van der Waals surface area contributed by atoms with E-state index in [1.54, 1.807) is 12.4 Å². The molecule has 0 fully saturated rings. The highest BCUT2D eigenvalue weighted by atomic mass is 15.0.